The van der Waals surface area contributed by atoms with Crippen LogP contribution >= 0.6 is 11.3 Å². The predicted octanol–water partition coefficient (Wildman–Crippen LogP) is 4.43. The number of nitrogens with one attached hydrogen (secondary N) is 1. The maximum atomic E-state index is 5.70. The smallest absolute Gasteiger partial charge is 0.119 e. The van der Waals surface area contributed by atoms with Crippen LogP contribution in [-0.2, 0) is 6.42 Å². The van der Waals surface area contributed by atoms with Crippen molar-refractivity contribution in [1.29, 1.82) is 0 Å². The van der Waals surface area contributed by atoms with Crippen molar-refractivity contribution in [2.45, 2.75) is 32.2 Å². The molecule has 1 heterocycles. The van der Waals surface area contributed by atoms with Crippen molar-refractivity contribution in [1.82, 2.24) is 5.32 Å². The van der Waals surface area contributed by atoms with E-state index in [0.29, 0.717) is 6.04 Å². The van der Waals surface area contributed by atoms with Crippen LogP contribution in [0.3, 0.4) is 0 Å². The standard InChI is InChI=1S/C17H23NOS/c1-3-4-11-19-15-9-7-14(8-10-15)17(18-2)13-16-6-5-12-20-16/h5-10,12,17-18H,3-4,11,13H2,1-2H3. The second-order valence-corrected chi connectivity index (χ2v) is 5.93. The van der Waals surface area contributed by atoms with Gasteiger partial charge in [-0.3, -0.25) is 0 Å². The summed E-state index contributed by atoms with van der Waals surface area (Å²) in [7, 11) is 2.02. The van der Waals surface area contributed by atoms with Crippen molar-refractivity contribution in [3.05, 3.63) is 52.2 Å². The van der Waals surface area contributed by atoms with Crippen molar-refractivity contribution in [3.63, 3.8) is 0 Å². The summed E-state index contributed by atoms with van der Waals surface area (Å²) < 4.78 is 5.70. The van der Waals surface area contributed by atoms with Gasteiger partial charge in [0.1, 0.15) is 5.75 Å². The molecule has 1 aromatic heterocycles. The zero-order chi connectivity index (χ0) is 14.2. The predicted molar refractivity (Wildman–Crippen MR) is 86.7 cm³/mol. The monoisotopic (exact) mass is 289 g/mol. The Labute approximate surface area is 125 Å². The molecular weight excluding hydrogens is 266 g/mol. The summed E-state index contributed by atoms with van der Waals surface area (Å²) in [5, 5.41) is 5.53. The first-order valence-corrected chi connectivity index (χ1v) is 8.14. The van der Waals surface area contributed by atoms with E-state index in [-0.39, 0.29) is 0 Å². The molecule has 1 unspecified atom stereocenters. The molecule has 2 rings (SSSR count). The summed E-state index contributed by atoms with van der Waals surface area (Å²) in [4.78, 5) is 1.41. The minimum absolute atomic E-state index is 0.360. The molecule has 0 radical (unpaired) electrons. The third kappa shape index (κ3) is 4.36. The van der Waals surface area contributed by atoms with E-state index in [4.69, 9.17) is 4.74 Å². The van der Waals surface area contributed by atoms with Crippen molar-refractivity contribution >= 4 is 11.3 Å². The summed E-state index contributed by atoms with van der Waals surface area (Å²) in [6, 6.07) is 13.1. The molecule has 2 nitrogen and oxygen atoms in total. The Hall–Kier alpha value is -1.32. The second kappa shape index (κ2) is 8.08. The number of thiophene rings is 1. The first-order valence-electron chi connectivity index (χ1n) is 7.26. The lowest BCUT2D eigenvalue weighted by atomic mass is 10.0. The molecule has 0 saturated carbocycles. The van der Waals surface area contributed by atoms with Crippen molar-refractivity contribution < 1.29 is 4.74 Å². The third-order valence-corrected chi connectivity index (χ3v) is 4.28. The highest BCUT2D eigenvalue weighted by Gasteiger charge is 2.10. The van der Waals surface area contributed by atoms with Gasteiger partial charge in [0.05, 0.1) is 6.61 Å². The number of unbranched alkanes of at least 4 members (excludes halogenated alkanes) is 1. The van der Waals surface area contributed by atoms with Crippen LogP contribution in [0.1, 0.15) is 36.2 Å². The molecule has 0 amide bonds. The minimum atomic E-state index is 0.360. The van der Waals surface area contributed by atoms with Gasteiger partial charge in [-0.1, -0.05) is 31.5 Å². The molecule has 0 aliphatic carbocycles. The van der Waals surface area contributed by atoms with Gasteiger partial charge < -0.3 is 10.1 Å². The Balaban J connectivity index is 1.96. The van der Waals surface area contributed by atoms with E-state index in [0.717, 1.165) is 25.2 Å². The van der Waals surface area contributed by atoms with Gasteiger partial charge >= 0.3 is 0 Å². The van der Waals surface area contributed by atoms with Crippen LogP contribution in [0, 0.1) is 0 Å². The molecular formula is C17H23NOS. The van der Waals surface area contributed by atoms with Gasteiger partial charge in [-0.15, -0.1) is 11.3 Å². The van der Waals surface area contributed by atoms with Gasteiger partial charge in [-0.25, -0.2) is 0 Å². The third-order valence-electron chi connectivity index (χ3n) is 3.38. The van der Waals surface area contributed by atoms with Crippen LogP contribution in [0.15, 0.2) is 41.8 Å². The van der Waals surface area contributed by atoms with Crippen LogP contribution in [0.2, 0.25) is 0 Å². The Morgan fingerprint density at radius 1 is 1.20 bits per heavy atom. The van der Waals surface area contributed by atoms with Crippen LogP contribution < -0.4 is 10.1 Å². The molecule has 1 atom stereocenters. The lowest BCUT2D eigenvalue weighted by Crippen LogP contribution is -2.18. The number of ether oxygens (including phenoxy) is 1. The molecule has 0 aliphatic heterocycles. The first-order chi connectivity index (χ1) is 9.83. The van der Waals surface area contributed by atoms with Gasteiger partial charge in [-0.05, 0) is 42.6 Å². The van der Waals surface area contributed by atoms with E-state index in [2.05, 4.69) is 54.0 Å². The quantitative estimate of drug-likeness (QED) is 0.726. The zero-order valence-corrected chi connectivity index (χ0v) is 13.1. The highest BCUT2D eigenvalue weighted by atomic mass is 32.1. The summed E-state index contributed by atoms with van der Waals surface area (Å²) in [5.41, 5.74) is 1.31. The van der Waals surface area contributed by atoms with Gasteiger partial charge in [0.15, 0.2) is 0 Å². The number of hydrogen-bond donors (Lipinski definition) is 1. The lowest BCUT2D eigenvalue weighted by Gasteiger charge is -2.16. The van der Waals surface area contributed by atoms with Gasteiger partial charge in [0.2, 0.25) is 0 Å². The molecule has 2 aromatic rings. The van der Waals surface area contributed by atoms with E-state index < -0.39 is 0 Å². The fourth-order valence-electron chi connectivity index (χ4n) is 2.15. The average molecular weight is 289 g/mol. The van der Waals surface area contributed by atoms with Gasteiger partial charge in [-0.2, -0.15) is 0 Å². The lowest BCUT2D eigenvalue weighted by molar-refractivity contribution is 0.309. The maximum Gasteiger partial charge on any atom is 0.119 e. The normalized spacial score (nSPS) is 12.3. The SMILES string of the molecule is CCCCOc1ccc(C(Cc2cccs2)NC)cc1. The van der Waals surface area contributed by atoms with Crippen LogP contribution in [0.5, 0.6) is 5.75 Å². The molecule has 0 aliphatic rings. The average Bonchev–Trinajstić information content (AvgIpc) is 2.99. The molecule has 1 aromatic carbocycles. The summed E-state index contributed by atoms with van der Waals surface area (Å²) in [5.74, 6) is 0.966. The molecule has 20 heavy (non-hydrogen) atoms. The Morgan fingerprint density at radius 3 is 2.60 bits per heavy atom. The maximum absolute atomic E-state index is 5.70. The number of hydrogen-bond acceptors (Lipinski definition) is 3. The van der Waals surface area contributed by atoms with E-state index in [1.807, 2.05) is 18.4 Å². The molecule has 0 spiro atoms. The van der Waals surface area contributed by atoms with E-state index in [1.54, 1.807) is 0 Å². The first kappa shape index (κ1) is 15.1. The summed E-state index contributed by atoms with van der Waals surface area (Å²) >= 11 is 1.81. The summed E-state index contributed by atoms with van der Waals surface area (Å²) in [6.07, 6.45) is 3.31. The van der Waals surface area contributed by atoms with Crippen molar-refractivity contribution in [2.24, 2.45) is 0 Å². The Bertz CT molecular complexity index is 478. The van der Waals surface area contributed by atoms with E-state index >= 15 is 0 Å². The van der Waals surface area contributed by atoms with Gasteiger partial charge in [0.25, 0.3) is 0 Å². The van der Waals surface area contributed by atoms with Crippen LogP contribution in [0.25, 0.3) is 0 Å². The van der Waals surface area contributed by atoms with Crippen LogP contribution in [-0.4, -0.2) is 13.7 Å². The number of likely N-dealkylation sites (N-methyl/N-ethyl adjacent to an activating group) is 1. The highest BCUT2D eigenvalue weighted by molar-refractivity contribution is 7.09. The Kier molecular flexibility index (Phi) is 6.09. The Morgan fingerprint density at radius 2 is 2.00 bits per heavy atom. The molecule has 1 N–H and O–H groups in total. The minimum Gasteiger partial charge on any atom is -0.494 e. The van der Waals surface area contributed by atoms with Crippen molar-refractivity contribution in [3.8, 4) is 5.75 Å². The molecule has 3 heteroatoms. The fraction of sp³-hybridized carbons (Fsp3) is 0.412. The van der Waals surface area contributed by atoms with Crippen LogP contribution in [0.4, 0.5) is 0 Å². The largest absolute Gasteiger partial charge is 0.494 e. The number of rotatable bonds is 8. The van der Waals surface area contributed by atoms with Gasteiger partial charge in [0, 0.05) is 17.3 Å². The zero-order valence-electron chi connectivity index (χ0n) is 12.3. The highest BCUT2D eigenvalue weighted by Crippen LogP contribution is 2.23. The number of benzene rings is 1. The molecule has 0 fully saturated rings. The summed E-state index contributed by atoms with van der Waals surface area (Å²) in [6.45, 7) is 2.98. The topological polar surface area (TPSA) is 21.3 Å². The fourth-order valence-corrected chi connectivity index (χ4v) is 2.90. The second-order valence-electron chi connectivity index (χ2n) is 4.90. The molecule has 0 saturated heterocycles. The van der Waals surface area contributed by atoms with E-state index in [1.165, 1.54) is 16.9 Å². The van der Waals surface area contributed by atoms with Crippen molar-refractivity contribution in [2.75, 3.05) is 13.7 Å². The molecule has 108 valence electrons. The molecule has 0 bridgehead atoms. The van der Waals surface area contributed by atoms with E-state index in [9.17, 15) is 0 Å².